The zero-order valence-corrected chi connectivity index (χ0v) is 19.4. The second-order valence-corrected chi connectivity index (χ2v) is 9.85. The van der Waals surface area contributed by atoms with Gasteiger partial charge < -0.3 is 25.8 Å². The molecule has 7 nitrogen and oxygen atoms in total. The normalized spacial score (nSPS) is 36.7. The number of ether oxygens (including phenoxy) is 2. The number of hydrogen-bond donors (Lipinski definition) is 3. The van der Waals surface area contributed by atoms with Gasteiger partial charge in [0.25, 0.3) is 0 Å². The molecule has 35 heavy (non-hydrogen) atoms. The monoisotopic (exact) mass is 505 g/mol. The highest BCUT2D eigenvalue weighted by Crippen LogP contribution is 2.55. The van der Waals surface area contributed by atoms with Crippen LogP contribution in [0.25, 0.3) is 0 Å². The molecule has 4 N–H and O–H groups in total. The summed E-state index contributed by atoms with van der Waals surface area (Å²) in [6.07, 6.45) is -5.37. The lowest BCUT2D eigenvalue weighted by Crippen LogP contribution is -2.55. The van der Waals surface area contributed by atoms with Gasteiger partial charge in [0, 0.05) is 29.4 Å². The molecule has 0 radical (unpaired) electrons. The van der Waals surface area contributed by atoms with E-state index in [0.717, 1.165) is 26.2 Å². The number of methoxy groups -OCH3 is 1. The second-order valence-electron chi connectivity index (χ2n) is 9.85. The summed E-state index contributed by atoms with van der Waals surface area (Å²) in [5.74, 6) is -7.37. The molecule has 1 aliphatic carbocycles. The average molecular weight is 505 g/mol. The highest BCUT2D eigenvalue weighted by molar-refractivity contribution is 5.84. The lowest BCUT2D eigenvalue weighted by molar-refractivity contribution is -0.272. The number of halogens is 5. The van der Waals surface area contributed by atoms with E-state index in [4.69, 9.17) is 15.2 Å². The van der Waals surface area contributed by atoms with E-state index >= 15 is 0 Å². The summed E-state index contributed by atoms with van der Waals surface area (Å²) in [5, 5.41) is 5.82. The first-order valence-electron chi connectivity index (χ1n) is 11.4. The van der Waals surface area contributed by atoms with Crippen LogP contribution in [0.2, 0.25) is 0 Å². The van der Waals surface area contributed by atoms with Crippen LogP contribution in [0.1, 0.15) is 38.2 Å². The van der Waals surface area contributed by atoms with Crippen LogP contribution >= 0.6 is 0 Å². The number of hydrogen-bond acceptors (Lipinski definition) is 5. The Balaban J connectivity index is 1.69. The Morgan fingerprint density at radius 3 is 2.54 bits per heavy atom. The standard InChI is InChI=1S/C23H28F5N3O4/c1-9-15(11-4-5-13(24)16(25)18(11)34-3)19(35-22(9,2)23(26,27)28)21(33)31-14-7-10-6-12(14)17(20(29)32)30-8-10/h4-5,9-10,12,14-15,17,19,30H,6-8H2,1-3H3,(H2,29,32)(H,31,33)/t9-,10-,12-,14?,15-,17?,19+,22+/m0/s1. The summed E-state index contributed by atoms with van der Waals surface area (Å²) in [4.78, 5) is 25.3. The number of nitrogens with one attached hydrogen (secondary N) is 2. The van der Waals surface area contributed by atoms with Crippen LogP contribution in [0.5, 0.6) is 5.75 Å². The number of fused-ring (bicyclic) bond motifs is 2. The SMILES string of the molecule is COc1c([C@H]2[C@H](C(=O)NC3C[C@H]4CNC(C(N)=O)[C@H]3C4)O[C@@](C)(C(F)(F)F)[C@H]2C)ccc(F)c1F. The van der Waals surface area contributed by atoms with Gasteiger partial charge in [-0.25, -0.2) is 4.39 Å². The molecular formula is C23H28F5N3O4. The van der Waals surface area contributed by atoms with Crippen molar-refractivity contribution in [3.8, 4) is 5.75 Å². The number of carbonyl (C=O) groups excluding carboxylic acids is 2. The molecular weight excluding hydrogens is 477 g/mol. The summed E-state index contributed by atoms with van der Waals surface area (Å²) in [7, 11) is 1.07. The zero-order chi connectivity index (χ0) is 25.9. The first-order valence-corrected chi connectivity index (χ1v) is 11.4. The largest absolute Gasteiger partial charge is 0.493 e. The number of piperidine rings is 1. The topological polar surface area (TPSA) is 103 Å². The maximum Gasteiger partial charge on any atom is 0.417 e. The minimum absolute atomic E-state index is 0.103. The predicted octanol–water partition coefficient (Wildman–Crippen LogP) is 2.38. The fraction of sp³-hybridized carbons (Fsp3) is 0.652. The molecule has 12 heteroatoms. The van der Waals surface area contributed by atoms with Crippen molar-refractivity contribution in [1.29, 1.82) is 0 Å². The number of benzene rings is 1. The molecule has 2 unspecified atom stereocenters. The van der Waals surface area contributed by atoms with E-state index in [2.05, 4.69) is 10.6 Å². The van der Waals surface area contributed by atoms with Gasteiger partial charge in [-0.1, -0.05) is 13.0 Å². The number of rotatable bonds is 5. The van der Waals surface area contributed by atoms with Gasteiger partial charge in [-0.15, -0.1) is 0 Å². The van der Waals surface area contributed by atoms with Gasteiger partial charge in [-0.2, -0.15) is 17.6 Å². The Morgan fingerprint density at radius 1 is 1.26 bits per heavy atom. The quantitative estimate of drug-likeness (QED) is 0.534. The number of nitrogens with two attached hydrogens (primary N) is 1. The molecule has 4 rings (SSSR count). The lowest BCUT2D eigenvalue weighted by atomic mass is 9.76. The van der Waals surface area contributed by atoms with E-state index < -0.39 is 71.0 Å². The van der Waals surface area contributed by atoms with Crippen LogP contribution in [0, 0.1) is 29.4 Å². The van der Waals surface area contributed by atoms with Crippen molar-refractivity contribution in [2.24, 2.45) is 23.5 Å². The molecule has 1 aromatic rings. The fourth-order valence-corrected chi connectivity index (χ4v) is 5.94. The molecule has 194 valence electrons. The molecule has 0 aromatic heterocycles. The third-order valence-electron chi connectivity index (χ3n) is 7.97. The maximum atomic E-state index is 14.5. The fourth-order valence-electron chi connectivity index (χ4n) is 5.94. The summed E-state index contributed by atoms with van der Waals surface area (Å²) < 4.78 is 81.0. The number of carbonyl (C=O) groups is 2. The molecule has 2 aliphatic heterocycles. The predicted molar refractivity (Wildman–Crippen MR) is 113 cm³/mol. The van der Waals surface area contributed by atoms with Crippen molar-refractivity contribution in [1.82, 2.24) is 10.6 Å². The van der Waals surface area contributed by atoms with Crippen LogP contribution in [0.3, 0.4) is 0 Å². The van der Waals surface area contributed by atoms with Gasteiger partial charge in [0.1, 0.15) is 6.10 Å². The number of amides is 2. The van der Waals surface area contributed by atoms with E-state index in [1.807, 2.05) is 0 Å². The summed E-state index contributed by atoms with van der Waals surface area (Å²) in [6, 6.07) is 0.704. The van der Waals surface area contributed by atoms with Crippen molar-refractivity contribution >= 4 is 11.8 Å². The first-order chi connectivity index (χ1) is 16.3. The Bertz CT molecular complexity index is 1020. The Kier molecular flexibility index (Phi) is 6.50. The average Bonchev–Trinajstić information content (AvgIpc) is 3.23. The zero-order valence-electron chi connectivity index (χ0n) is 19.4. The maximum absolute atomic E-state index is 14.5. The summed E-state index contributed by atoms with van der Waals surface area (Å²) >= 11 is 0. The van der Waals surface area contributed by atoms with E-state index in [1.54, 1.807) is 0 Å². The molecule has 8 atom stereocenters. The Morgan fingerprint density at radius 2 is 1.94 bits per heavy atom. The molecule has 0 spiro atoms. The van der Waals surface area contributed by atoms with Crippen LogP contribution in [-0.4, -0.2) is 55.4 Å². The van der Waals surface area contributed by atoms with Gasteiger partial charge in [-0.3, -0.25) is 9.59 Å². The molecule has 2 heterocycles. The molecule has 3 fully saturated rings. The van der Waals surface area contributed by atoms with Crippen molar-refractivity contribution in [2.45, 2.75) is 62.6 Å². The Labute approximate surface area is 198 Å². The molecule has 2 bridgehead atoms. The minimum Gasteiger partial charge on any atom is -0.493 e. The van der Waals surface area contributed by atoms with Gasteiger partial charge in [0.2, 0.25) is 17.6 Å². The van der Waals surface area contributed by atoms with Gasteiger partial charge in [0.15, 0.2) is 17.2 Å². The molecule has 1 aromatic carbocycles. The number of alkyl halides is 3. The van der Waals surface area contributed by atoms with Gasteiger partial charge in [-0.05, 0) is 38.3 Å². The van der Waals surface area contributed by atoms with Crippen LogP contribution in [0.4, 0.5) is 22.0 Å². The number of primary amides is 1. The lowest BCUT2D eigenvalue weighted by Gasteiger charge is -2.32. The van der Waals surface area contributed by atoms with E-state index in [9.17, 15) is 31.5 Å². The molecule has 2 saturated heterocycles. The molecule has 2 amide bonds. The summed E-state index contributed by atoms with van der Waals surface area (Å²) in [6.45, 7) is 2.62. The molecule has 3 aliphatic rings. The van der Waals surface area contributed by atoms with Gasteiger partial charge in [0.05, 0.1) is 13.2 Å². The third-order valence-corrected chi connectivity index (χ3v) is 7.97. The summed E-state index contributed by atoms with van der Waals surface area (Å²) in [5.41, 5.74) is 2.64. The van der Waals surface area contributed by atoms with E-state index in [-0.39, 0.29) is 17.4 Å². The van der Waals surface area contributed by atoms with E-state index in [1.165, 1.54) is 6.92 Å². The van der Waals surface area contributed by atoms with Crippen molar-refractivity contribution in [2.75, 3.05) is 13.7 Å². The Hall–Kier alpha value is -2.47. The van der Waals surface area contributed by atoms with Crippen molar-refractivity contribution < 1.29 is 41.0 Å². The highest BCUT2D eigenvalue weighted by atomic mass is 19.4. The van der Waals surface area contributed by atoms with Crippen molar-refractivity contribution in [3.63, 3.8) is 0 Å². The van der Waals surface area contributed by atoms with E-state index in [0.29, 0.717) is 19.4 Å². The highest BCUT2D eigenvalue weighted by Gasteiger charge is 2.66. The minimum atomic E-state index is -4.85. The second kappa shape index (κ2) is 8.88. The first kappa shape index (κ1) is 25.6. The van der Waals surface area contributed by atoms with Crippen molar-refractivity contribution in [3.05, 3.63) is 29.3 Å². The smallest absolute Gasteiger partial charge is 0.417 e. The van der Waals surface area contributed by atoms with Crippen LogP contribution < -0.4 is 21.1 Å². The molecule has 1 saturated carbocycles. The third kappa shape index (κ3) is 4.14. The van der Waals surface area contributed by atoms with Crippen LogP contribution in [-0.2, 0) is 14.3 Å². The van der Waals surface area contributed by atoms with Crippen LogP contribution in [0.15, 0.2) is 12.1 Å². The van der Waals surface area contributed by atoms with Gasteiger partial charge >= 0.3 is 6.18 Å².